The smallest absolute Gasteiger partial charge is 0.132 e. The molecule has 1 aromatic carbocycles. The first kappa shape index (κ1) is 11.7. The summed E-state index contributed by atoms with van der Waals surface area (Å²) >= 11 is 6.06. The van der Waals surface area contributed by atoms with E-state index in [0.717, 1.165) is 10.6 Å². The molecule has 0 spiro atoms. The van der Waals surface area contributed by atoms with Crippen LogP contribution in [0, 0.1) is 6.92 Å². The van der Waals surface area contributed by atoms with Gasteiger partial charge < -0.3 is 11.1 Å². The number of nitrogens with zero attached hydrogens (tertiary/aromatic N) is 2. The molecule has 0 radical (unpaired) electrons. The topological polar surface area (TPSA) is 63.8 Å². The Morgan fingerprint density at radius 3 is 2.76 bits per heavy atom. The molecular weight excluding hydrogens is 236 g/mol. The van der Waals surface area contributed by atoms with Gasteiger partial charge in [-0.1, -0.05) is 29.8 Å². The molecule has 0 unspecified atom stereocenters. The third-order valence-corrected chi connectivity index (χ3v) is 2.64. The van der Waals surface area contributed by atoms with E-state index in [0.29, 0.717) is 24.0 Å². The van der Waals surface area contributed by atoms with Crippen LogP contribution >= 0.6 is 11.6 Å². The van der Waals surface area contributed by atoms with Gasteiger partial charge >= 0.3 is 0 Å². The summed E-state index contributed by atoms with van der Waals surface area (Å²) < 4.78 is 0. The van der Waals surface area contributed by atoms with Crippen molar-refractivity contribution < 1.29 is 0 Å². The molecule has 1 aromatic heterocycles. The first-order valence-electron chi connectivity index (χ1n) is 5.23. The van der Waals surface area contributed by atoms with Crippen molar-refractivity contribution in [2.45, 2.75) is 13.5 Å². The van der Waals surface area contributed by atoms with Crippen molar-refractivity contribution in [1.82, 2.24) is 9.97 Å². The molecule has 5 heteroatoms. The van der Waals surface area contributed by atoms with Gasteiger partial charge in [0.05, 0.1) is 0 Å². The summed E-state index contributed by atoms with van der Waals surface area (Å²) in [4.78, 5) is 8.24. The summed E-state index contributed by atoms with van der Waals surface area (Å²) in [6, 6.07) is 9.37. The zero-order valence-electron chi connectivity index (χ0n) is 9.44. The summed E-state index contributed by atoms with van der Waals surface area (Å²) in [5.74, 6) is 1.81. The number of nitrogens with two attached hydrogens (primary N) is 1. The zero-order chi connectivity index (χ0) is 12.3. The van der Waals surface area contributed by atoms with Gasteiger partial charge in [0, 0.05) is 17.6 Å². The van der Waals surface area contributed by atoms with Gasteiger partial charge in [0.25, 0.3) is 0 Å². The Balaban J connectivity index is 2.10. The largest absolute Gasteiger partial charge is 0.384 e. The van der Waals surface area contributed by atoms with Crippen LogP contribution in [0.1, 0.15) is 11.4 Å². The molecule has 0 saturated heterocycles. The Morgan fingerprint density at radius 1 is 1.29 bits per heavy atom. The number of rotatable bonds is 3. The fraction of sp³-hybridized carbons (Fsp3) is 0.167. The highest BCUT2D eigenvalue weighted by Crippen LogP contribution is 2.16. The molecule has 0 bridgehead atoms. The number of aromatic nitrogens is 2. The van der Waals surface area contributed by atoms with Crippen LogP contribution in [0.3, 0.4) is 0 Å². The Kier molecular flexibility index (Phi) is 3.44. The van der Waals surface area contributed by atoms with Gasteiger partial charge in [0.15, 0.2) is 0 Å². The van der Waals surface area contributed by atoms with E-state index in [1.54, 1.807) is 13.0 Å². The van der Waals surface area contributed by atoms with Gasteiger partial charge in [-0.2, -0.15) is 0 Å². The Hall–Kier alpha value is -1.81. The second kappa shape index (κ2) is 5.01. The number of hydrogen-bond donors (Lipinski definition) is 2. The number of halogens is 1. The quantitative estimate of drug-likeness (QED) is 0.877. The van der Waals surface area contributed by atoms with Crippen LogP contribution in [-0.2, 0) is 6.54 Å². The molecule has 1 heterocycles. The molecule has 4 nitrogen and oxygen atoms in total. The monoisotopic (exact) mass is 248 g/mol. The van der Waals surface area contributed by atoms with Gasteiger partial charge in [-0.05, 0) is 18.6 Å². The number of aryl methyl sites for hydroxylation is 1. The second-order valence-electron chi connectivity index (χ2n) is 3.67. The van der Waals surface area contributed by atoms with E-state index in [2.05, 4.69) is 15.3 Å². The van der Waals surface area contributed by atoms with Gasteiger partial charge in [-0.25, -0.2) is 9.97 Å². The average molecular weight is 249 g/mol. The summed E-state index contributed by atoms with van der Waals surface area (Å²) in [5, 5.41) is 3.90. The maximum Gasteiger partial charge on any atom is 0.132 e. The van der Waals surface area contributed by atoms with Crippen molar-refractivity contribution >= 4 is 23.2 Å². The van der Waals surface area contributed by atoms with E-state index in [-0.39, 0.29) is 0 Å². The van der Waals surface area contributed by atoms with Crippen LogP contribution in [0.2, 0.25) is 5.02 Å². The molecule has 2 aromatic rings. The first-order valence-corrected chi connectivity index (χ1v) is 5.61. The predicted octanol–water partition coefficient (Wildman–Crippen LogP) is 2.63. The van der Waals surface area contributed by atoms with Crippen LogP contribution in [0.5, 0.6) is 0 Å². The lowest BCUT2D eigenvalue weighted by molar-refractivity contribution is 1.03. The molecule has 0 atom stereocenters. The predicted molar refractivity (Wildman–Crippen MR) is 70.0 cm³/mol. The highest BCUT2D eigenvalue weighted by Gasteiger charge is 2.01. The van der Waals surface area contributed by atoms with E-state index in [1.807, 2.05) is 24.3 Å². The molecule has 17 heavy (non-hydrogen) atoms. The van der Waals surface area contributed by atoms with Gasteiger partial charge in [0.2, 0.25) is 0 Å². The van der Waals surface area contributed by atoms with E-state index in [1.165, 1.54) is 0 Å². The van der Waals surface area contributed by atoms with Crippen molar-refractivity contribution in [2.24, 2.45) is 0 Å². The lowest BCUT2D eigenvalue weighted by Gasteiger charge is -2.08. The number of anilines is 2. The van der Waals surface area contributed by atoms with Crippen LogP contribution < -0.4 is 11.1 Å². The summed E-state index contributed by atoms with van der Waals surface area (Å²) in [7, 11) is 0. The van der Waals surface area contributed by atoms with Crippen molar-refractivity contribution in [2.75, 3.05) is 11.1 Å². The molecule has 3 N–H and O–H groups in total. The van der Waals surface area contributed by atoms with Crippen molar-refractivity contribution in [3.05, 3.63) is 46.7 Å². The first-order chi connectivity index (χ1) is 8.15. The van der Waals surface area contributed by atoms with Crippen LogP contribution in [0.15, 0.2) is 30.3 Å². The minimum atomic E-state index is 0.458. The van der Waals surface area contributed by atoms with Crippen LogP contribution in [0.4, 0.5) is 11.6 Å². The van der Waals surface area contributed by atoms with E-state index in [9.17, 15) is 0 Å². The van der Waals surface area contributed by atoms with Crippen molar-refractivity contribution in [3.63, 3.8) is 0 Å². The summed E-state index contributed by atoms with van der Waals surface area (Å²) in [6.45, 7) is 2.41. The number of nitrogen functional groups attached to an aromatic ring is 1. The highest BCUT2D eigenvalue weighted by atomic mass is 35.5. The lowest BCUT2D eigenvalue weighted by Crippen LogP contribution is -2.05. The highest BCUT2D eigenvalue weighted by molar-refractivity contribution is 6.31. The molecular formula is C12H13ClN4. The van der Waals surface area contributed by atoms with E-state index < -0.39 is 0 Å². The third kappa shape index (κ3) is 3.07. The number of hydrogen-bond acceptors (Lipinski definition) is 4. The Morgan fingerprint density at radius 2 is 2.06 bits per heavy atom. The molecule has 0 amide bonds. The maximum absolute atomic E-state index is 6.06. The fourth-order valence-electron chi connectivity index (χ4n) is 1.51. The van der Waals surface area contributed by atoms with E-state index >= 15 is 0 Å². The zero-order valence-corrected chi connectivity index (χ0v) is 10.2. The van der Waals surface area contributed by atoms with E-state index in [4.69, 9.17) is 17.3 Å². The molecule has 0 fully saturated rings. The summed E-state index contributed by atoms with van der Waals surface area (Å²) in [5.41, 5.74) is 6.66. The third-order valence-electron chi connectivity index (χ3n) is 2.28. The molecule has 0 aliphatic heterocycles. The summed E-state index contributed by atoms with van der Waals surface area (Å²) in [6.07, 6.45) is 0. The molecule has 0 aliphatic carbocycles. The molecule has 0 aliphatic rings. The lowest BCUT2D eigenvalue weighted by atomic mass is 10.2. The number of benzene rings is 1. The standard InChI is InChI=1S/C12H13ClN4/c1-8-16-11(14)6-12(17-8)15-7-9-4-2-3-5-10(9)13/h2-6H,7H2,1H3,(H3,14,15,16,17). The minimum Gasteiger partial charge on any atom is -0.384 e. The van der Waals surface area contributed by atoms with Crippen molar-refractivity contribution in [3.8, 4) is 0 Å². The van der Waals surface area contributed by atoms with Gasteiger partial charge in [0.1, 0.15) is 17.5 Å². The minimum absolute atomic E-state index is 0.458. The second-order valence-corrected chi connectivity index (χ2v) is 4.08. The molecule has 0 saturated carbocycles. The number of nitrogens with one attached hydrogen (secondary N) is 1. The normalized spacial score (nSPS) is 10.2. The van der Waals surface area contributed by atoms with Crippen LogP contribution in [0.25, 0.3) is 0 Å². The average Bonchev–Trinajstić information content (AvgIpc) is 2.27. The Bertz CT molecular complexity index is 507. The molecule has 88 valence electrons. The maximum atomic E-state index is 6.06. The molecule has 2 rings (SSSR count). The van der Waals surface area contributed by atoms with Gasteiger partial charge in [-0.3, -0.25) is 0 Å². The van der Waals surface area contributed by atoms with Gasteiger partial charge in [-0.15, -0.1) is 0 Å². The Labute approximate surface area is 105 Å². The fourth-order valence-corrected chi connectivity index (χ4v) is 1.71. The van der Waals surface area contributed by atoms with Crippen molar-refractivity contribution in [1.29, 1.82) is 0 Å². The SMILES string of the molecule is Cc1nc(N)cc(NCc2ccccc2Cl)n1. The van der Waals surface area contributed by atoms with Crippen LogP contribution in [-0.4, -0.2) is 9.97 Å².